The second-order valence-corrected chi connectivity index (χ2v) is 6.50. The number of hydrogen-bond donors (Lipinski definition) is 1. The molecule has 1 aromatic heterocycles. The van der Waals surface area contributed by atoms with Crippen molar-refractivity contribution in [2.75, 3.05) is 5.75 Å². The van der Waals surface area contributed by atoms with Crippen LogP contribution in [-0.2, 0) is 12.3 Å². The number of aryl methyl sites for hydroxylation is 1. The minimum atomic E-state index is 0.462. The van der Waals surface area contributed by atoms with Gasteiger partial charge in [-0.2, -0.15) is 11.8 Å². The number of nitrogens with one attached hydrogen (secondary N) is 1. The van der Waals surface area contributed by atoms with Crippen LogP contribution in [0.2, 0.25) is 0 Å². The highest BCUT2D eigenvalue weighted by Crippen LogP contribution is 2.31. The molecule has 4 heteroatoms. The van der Waals surface area contributed by atoms with E-state index >= 15 is 0 Å². The predicted octanol–water partition coefficient (Wildman–Crippen LogP) is 3.53. The molecule has 1 aromatic carbocycles. The lowest BCUT2D eigenvalue weighted by molar-refractivity contribution is 0.573. The summed E-state index contributed by atoms with van der Waals surface area (Å²) >= 11 is 3.75. The van der Waals surface area contributed by atoms with Crippen LogP contribution in [0.4, 0.5) is 0 Å². The number of nitrogens with zero attached hydrogens (tertiary/aromatic N) is 1. The van der Waals surface area contributed by atoms with Crippen LogP contribution in [-0.4, -0.2) is 10.7 Å². The van der Waals surface area contributed by atoms with Gasteiger partial charge in [-0.05, 0) is 18.1 Å². The molecule has 0 spiro atoms. The van der Waals surface area contributed by atoms with Gasteiger partial charge >= 0.3 is 0 Å². The summed E-state index contributed by atoms with van der Waals surface area (Å²) in [4.78, 5) is 4.50. The molecule has 94 valence electrons. The molecule has 0 fully saturated rings. The molecule has 2 aromatic rings. The number of thiazole rings is 1. The topological polar surface area (TPSA) is 24.9 Å². The summed E-state index contributed by atoms with van der Waals surface area (Å²) in [6, 6.07) is 9.22. The lowest BCUT2D eigenvalue weighted by Crippen LogP contribution is -2.26. The van der Waals surface area contributed by atoms with Gasteiger partial charge < -0.3 is 5.32 Å². The van der Waals surface area contributed by atoms with E-state index in [1.54, 1.807) is 11.3 Å². The Morgan fingerprint density at radius 3 is 3.11 bits per heavy atom. The Labute approximate surface area is 116 Å². The van der Waals surface area contributed by atoms with E-state index in [1.807, 2.05) is 18.7 Å². The number of hydrogen-bond acceptors (Lipinski definition) is 4. The van der Waals surface area contributed by atoms with Gasteiger partial charge in [0.25, 0.3) is 0 Å². The molecule has 3 rings (SSSR count). The second-order valence-electron chi connectivity index (χ2n) is 4.53. The zero-order valence-corrected chi connectivity index (χ0v) is 12.0. The quantitative estimate of drug-likeness (QED) is 0.928. The van der Waals surface area contributed by atoms with E-state index in [2.05, 4.69) is 39.9 Å². The van der Waals surface area contributed by atoms with Crippen LogP contribution >= 0.6 is 23.1 Å². The van der Waals surface area contributed by atoms with E-state index in [1.165, 1.54) is 16.1 Å². The molecule has 2 heterocycles. The first-order chi connectivity index (χ1) is 8.83. The van der Waals surface area contributed by atoms with Gasteiger partial charge in [0.1, 0.15) is 5.01 Å². The van der Waals surface area contributed by atoms with Gasteiger partial charge in [-0.15, -0.1) is 11.3 Å². The summed E-state index contributed by atoms with van der Waals surface area (Å²) in [6.45, 7) is 2.92. The monoisotopic (exact) mass is 276 g/mol. The van der Waals surface area contributed by atoms with Gasteiger partial charge in [-0.25, -0.2) is 4.98 Å². The van der Waals surface area contributed by atoms with Crippen LogP contribution < -0.4 is 5.32 Å². The van der Waals surface area contributed by atoms with Crippen molar-refractivity contribution in [3.63, 3.8) is 0 Å². The van der Waals surface area contributed by atoms with Crippen molar-refractivity contribution in [3.05, 3.63) is 51.5 Å². The fourth-order valence-electron chi connectivity index (χ4n) is 2.25. The van der Waals surface area contributed by atoms with E-state index in [9.17, 15) is 0 Å². The zero-order chi connectivity index (χ0) is 12.4. The van der Waals surface area contributed by atoms with Crippen molar-refractivity contribution in [1.29, 1.82) is 0 Å². The van der Waals surface area contributed by atoms with Crippen molar-refractivity contribution in [2.45, 2.75) is 25.3 Å². The summed E-state index contributed by atoms with van der Waals surface area (Å²) in [5.41, 5.74) is 4.06. The molecule has 1 aliphatic heterocycles. The SMILES string of the molecule is Cc1csc(CNC2CSCc3ccccc32)n1. The lowest BCUT2D eigenvalue weighted by Gasteiger charge is -2.25. The standard InChI is InChI=1S/C14H16N2S2/c1-10-7-18-14(16-10)6-15-13-9-17-8-11-4-2-3-5-12(11)13/h2-5,7,13,15H,6,8-9H2,1H3. The molecular formula is C14H16N2S2. The van der Waals surface area contributed by atoms with Gasteiger partial charge in [-0.3, -0.25) is 0 Å². The van der Waals surface area contributed by atoms with Crippen molar-refractivity contribution >= 4 is 23.1 Å². The molecule has 18 heavy (non-hydrogen) atoms. The van der Waals surface area contributed by atoms with Crippen LogP contribution in [0.3, 0.4) is 0 Å². The molecule has 0 bridgehead atoms. The van der Waals surface area contributed by atoms with Crippen molar-refractivity contribution in [3.8, 4) is 0 Å². The van der Waals surface area contributed by atoms with Crippen LogP contribution in [0.15, 0.2) is 29.6 Å². The smallest absolute Gasteiger partial charge is 0.107 e. The first kappa shape index (κ1) is 12.2. The van der Waals surface area contributed by atoms with Crippen LogP contribution in [0, 0.1) is 6.92 Å². The zero-order valence-electron chi connectivity index (χ0n) is 10.3. The highest BCUT2D eigenvalue weighted by atomic mass is 32.2. The maximum Gasteiger partial charge on any atom is 0.107 e. The van der Waals surface area contributed by atoms with E-state index in [-0.39, 0.29) is 0 Å². The van der Waals surface area contributed by atoms with Gasteiger partial charge in [0.15, 0.2) is 0 Å². The third kappa shape index (κ3) is 2.60. The van der Waals surface area contributed by atoms with E-state index in [0.717, 1.165) is 23.7 Å². The van der Waals surface area contributed by atoms with Crippen molar-refractivity contribution in [2.24, 2.45) is 0 Å². The van der Waals surface area contributed by atoms with Gasteiger partial charge in [-0.1, -0.05) is 24.3 Å². The molecule has 1 N–H and O–H groups in total. The Balaban J connectivity index is 1.71. The van der Waals surface area contributed by atoms with E-state index in [4.69, 9.17) is 0 Å². The maximum absolute atomic E-state index is 4.50. The van der Waals surface area contributed by atoms with Gasteiger partial charge in [0.2, 0.25) is 0 Å². The largest absolute Gasteiger partial charge is 0.303 e. The molecule has 0 amide bonds. The van der Waals surface area contributed by atoms with Crippen molar-refractivity contribution < 1.29 is 0 Å². The molecule has 0 saturated carbocycles. The normalized spacial score (nSPS) is 18.6. The van der Waals surface area contributed by atoms with Gasteiger partial charge in [0, 0.05) is 35.2 Å². The minimum Gasteiger partial charge on any atom is -0.303 e. The molecule has 1 atom stereocenters. The Hall–Kier alpha value is -0.840. The fraction of sp³-hybridized carbons (Fsp3) is 0.357. The lowest BCUT2D eigenvalue weighted by atomic mass is 10.0. The Morgan fingerprint density at radius 2 is 2.28 bits per heavy atom. The molecule has 1 unspecified atom stereocenters. The highest BCUT2D eigenvalue weighted by molar-refractivity contribution is 7.98. The average Bonchev–Trinajstić information content (AvgIpc) is 2.82. The Kier molecular flexibility index (Phi) is 3.68. The Bertz CT molecular complexity index is 536. The second kappa shape index (κ2) is 5.43. The molecule has 0 aliphatic carbocycles. The van der Waals surface area contributed by atoms with Crippen LogP contribution in [0.5, 0.6) is 0 Å². The average molecular weight is 276 g/mol. The number of fused-ring (bicyclic) bond motifs is 1. The fourth-order valence-corrected chi connectivity index (χ4v) is 4.10. The third-order valence-corrected chi connectivity index (χ3v) is 5.19. The number of benzene rings is 1. The number of aromatic nitrogens is 1. The molecule has 0 saturated heterocycles. The van der Waals surface area contributed by atoms with Crippen LogP contribution in [0.25, 0.3) is 0 Å². The van der Waals surface area contributed by atoms with Crippen LogP contribution in [0.1, 0.15) is 27.9 Å². The summed E-state index contributed by atoms with van der Waals surface area (Å²) in [7, 11) is 0. The highest BCUT2D eigenvalue weighted by Gasteiger charge is 2.19. The first-order valence-electron chi connectivity index (χ1n) is 6.13. The minimum absolute atomic E-state index is 0.462. The van der Waals surface area contributed by atoms with Crippen molar-refractivity contribution in [1.82, 2.24) is 10.3 Å². The predicted molar refractivity (Wildman–Crippen MR) is 79.0 cm³/mol. The summed E-state index contributed by atoms with van der Waals surface area (Å²) in [5.74, 6) is 2.30. The maximum atomic E-state index is 4.50. The Morgan fingerprint density at radius 1 is 1.39 bits per heavy atom. The summed E-state index contributed by atoms with van der Waals surface area (Å²) in [6.07, 6.45) is 0. The summed E-state index contributed by atoms with van der Waals surface area (Å²) < 4.78 is 0. The van der Waals surface area contributed by atoms with E-state index < -0.39 is 0 Å². The third-order valence-electron chi connectivity index (χ3n) is 3.14. The van der Waals surface area contributed by atoms with Gasteiger partial charge in [0.05, 0.1) is 0 Å². The van der Waals surface area contributed by atoms with E-state index in [0.29, 0.717) is 6.04 Å². The molecular weight excluding hydrogens is 260 g/mol. The summed E-state index contributed by atoms with van der Waals surface area (Å²) in [5, 5.41) is 6.93. The molecule has 1 aliphatic rings. The molecule has 2 nitrogen and oxygen atoms in total. The number of thioether (sulfide) groups is 1. The number of rotatable bonds is 3. The first-order valence-corrected chi connectivity index (χ1v) is 8.16. The molecule has 0 radical (unpaired) electrons.